The van der Waals surface area contributed by atoms with Gasteiger partial charge >= 0.3 is 5.97 Å². The Bertz CT molecular complexity index is 1550. The number of carboxylic acid groups (broad SMARTS) is 1. The first kappa shape index (κ1) is 25.4. The van der Waals surface area contributed by atoms with E-state index in [9.17, 15) is 9.59 Å². The molecular formula is C30H26ClN3O4. The first-order valence-electron chi connectivity index (χ1n) is 12.3. The number of amides is 1. The minimum Gasteiger partial charge on any atom is -0.497 e. The molecule has 38 heavy (non-hydrogen) atoms. The predicted molar refractivity (Wildman–Crippen MR) is 148 cm³/mol. The number of hydrogen-bond acceptors (Lipinski definition) is 5. The van der Waals surface area contributed by atoms with Crippen LogP contribution in [0, 0.1) is 6.92 Å². The lowest BCUT2D eigenvalue weighted by Crippen LogP contribution is -2.27. The summed E-state index contributed by atoms with van der Waals surface area (Å²) >= 11 is 6.41. The van der Waals surface area contributed by atoms with Gasteiger partial charge in [0.25, 0.3) is 0 Å². The molecule has 1 aliphatic heterocycles. The number of carboxylic acids is 1. The molecule has 2 heterocycles. The topological polar surface area (TPSA) is 92.1 Å². The van der Waals surface area contributed by atoms with E-state index < -0.39 is 12.0 Å². The van der Waals surface area contributed by atoms with Crippen LogP contribution in [-0.2, 0) is 9.59 Å². The lowest BCUT2D eigenvalue weighted by atomic mass is 9.89. The molecule has 0 spiro atoms. The van der Waals surface area contributed by atoms with E-state index in [0.29, 0.717) is 22.9 Å². The Balaban J connectivity index is 1.67. The van der Waals surface area contributed by atoms with E-state index in [-0.39, 0.29) is 18.7 Å². The lowest BCUT2D eigenvalue weighted by molar-refractivity contribution is -0.141. The molecule has 1 aliphatic rings. The van der Waals surface area contributed by atoms with Crippen molar-refractivity contribution in [2.24, 2.45) is 5.10 Å². The fourth-order valence-electron chi connectivity index (χ4n) is 4.92. The van der Waals surface area contributed by atoms with Gasteiger partial charge < -0.3 is 9.84 Å². The van der Waals surface area contributed by atoms with Crippen molar-refractivity contribution in [3.63, 3.8) is 0 Å². The summed E-state index contributed by atoms with van der Waals surface area (Å²) in [5.41, 5.74) is 5.96. The summed E-state index contributed by atoms with van der Waals surface area (Å²) in [7, 11) is 1.60. The standard InChI is InChI=1S/C30H26ClN3O4/c1-18-29(30(20-6-4-3-5-7-20)23-16-21(31)10-13-24(23)32-18)25-17-26(19-8-11-22(38-2)12-9-19)34(33-25)27(35)14-15-28(36)37/h3-13,16,26H,14-15,17H2,1-2H3,(H,36,37)/t26-/m1/s1. The molecule has 4 aromatic rings. The van der Waals surface area contributed by atoms with Crippen LogP contribution in [0.5, 0.6) is 5.75 Å². The van der Waals surface area contributed by atoms with E-state index >= 15 is 0 Å². The number of nitrogens with zero attached hydrogens (tertiary/aromatic N) is 3. The second-order valence-electron chi connectivity index (χ2n) is 9.15. The van der Waals surface area contributed by atoms with Crippen LogP contribution in [0.25, 0.3) is 22.0 Å². The third-order valence-electron chi connectivity index (χ3n) is 6.70. The summed E-state index contributed by atoms with van der Waals surface area (Å²) in [5, 5.41) is 16.9. The summed E-state index contributed by atoms with van der Waals surface area (Å²) < 4.78 is 5.30. The zero-order valence-corrected chi connectivity index (χ0v) is 21.8. The van der Waals surface area contributed by atoms with Crippen LogP contribution in [0.2, 0.25) is 5.02 Å². The van der Waals surface area contributed by atoms with Crippen LogP contribution >= 0.6 is 11.6 Å². The smallest absolute Gasteiger partial charge is 0.303 e. The Morgan fingerprint density at radius 3 is 2.45 bits per heavy atom. The van der Waals surface area contributed by atoms with E-state index in [2.05, 4.69) is 0 Å². The maximum Gasteiger partial charge on any atom is 0.303 e. The number of ether oxygens (including phenoxy) is 1. The van der Waals surface area contributed by atoms with Gasteiger partial charge in [0.15, 0.2) is 0 Å². The number of fused-ring (bicyclic) bond motifs is 1. The molecule has 5 rings (SSSR count). The van der Waals surface area contributed by atoms with Crippen LogP contribution < -0.4 is 4.74 Å². The van der Waals surface area contributed by atoms with Crippen LogP contribution in [0.3, 0.4) is 0 Å². The lowest BCUT2D eigenvalue weighted by Gasteiger charge is -2.22. The molecule has 0 fully saturated rings. The van der Waals surface area contributed by atoms with Crippen LogP contribution in [-0.4, -0.2) is 39.8 Å². The van der Waals surface area contributed by atoms with Crippen molar-refractivity contribution in [1.82, 2.24) is 9.99 Å². The zero-order chi connectivity index (χ0) is 26.8. The first-order chi connectivity index (χ1) is 18.4. The molecule has 1 atom stereocenters. The molecule has 1 aromatic heterocycles. The summed E-state index contributed by atoms with van der Waals surface area (Å²) in [6.07, 6.45) is 0.0360. The van der Waals surface area contributed by atoms with E-state index in [4.69, 9.17) is 31.5 Å². The number of halogens is 1. The van der Waals surface area contributed by atoms with Crippen LogP contribution in [0.4, 0.5) is 0 Å². The number of methoxy groups -OCH3 is 1. The molecule has 0 unspecified atom stereocenters. The van der Waals surface area contributed by atoms with Gasteiger partial charge in [-0.2, -0.15) is 5.10 Å². The van der Waals surface area contributed by atoms with Gasteiger partial charge in [-0.15, -0.1) is 0 Å². The van der Waals surface area contributed by atoms with E-state index in [0.717, 1.165) is 38.9 Å². The monoisotopic (exact) mass is 527 g/mol. The Labute approximate surface area is 225 Å². The Hall–Kier alpha value is -4.23. The highest BCUT2D eigenvalue weighted by molar-refractivity contribution is 6.31. The molecular weight excluding hydrogens is 502 g/mol. The van der Waals surface area contributed by atoms with Crippen molar-refractivity contribution in [3.8, 4) is 16.9 Å². The van der Waals surface area contributed by atoms with Gasteiger partial charge in [0.2, 0.25) is 5.91 Å². The fourth-order valence-corrected chi connectivity index (χ4v) is 5.09. The normalized spacial score (nSPS) is 15.0. The number of pyridine rings is 1. The Morgan fingerprint density at radius 2 is 1.76 bits per heavy atom. The highest BCUT2D eigenvalue weighted by atomic mass is 35.5. The molecule has 1 N–H and O–H groups in total. The van der Waals surface area contributed by atoms with Gasteiger partial charge in [0.05, 0.1) is 30.8 Å². The minimum absolute atomic E-state index is 0.144. The van der Waals surface area contributed by atoms with Gasteiger partial charge in [0.1, 0.15) is 5.75 Å². The largest absolute Gasteiger partial charge is 0.497 e. The molecule has 3 aromatic carbocycles. The second kappa shape index (κ2) is 10.6. The quantitative estimate of drug-likeness (QED) is 0.299. The summed E-state index contributed by atoms with van der Waals surface area (Å²) in [5.74, 6) is -0.672. The van der Waals surface area contributed by atoms with Crippen LogP contribution in [0.15, 0.2) is 77.9 Å². The molecule has 0 bridgehead atoms. The van der Waals surface area contributed by atoms with Crippen molar-refractivity contribution in [2.75, 3.05) is 7.11 Å². The molecule has 1 amide bonds. The zero-order valence-electron chi connectivity index (χ0n) is 21.0. The van der Waals surface area contributed by atoms with E-state index in [1.54, 1.807) is 7.11 Å². The van der Waals surface area contributed by atoms with Crippen molar-refractivity contribution in [1.29, 1.82) is 0 Å². The summed E-state index contributed by atoms with van der Waals surface area (Å²) in [6, 6.07) is 22.7. The molecule has 0 aliphatic carbocycles. The van der Waals surface area contributed by atoms with E-state index in [1.807, 2.05) is 79.7 Å². The number of hydrazone groups is 1. The maximum atomic E-state index is 13.2. The number of aryl methyl sites for hydroxylation is 1. The highest BCUT2D eigenvalue weighted by Gasteiger charge is 2.35. The Morgan fingerprint density at radius 1 is 1.03 bits per heavy atom. The third kappa shape index (κ3) is 4.97. The van der Waals surface area contributed by atoms with Gasteiger partial charge in [0, 0.05) is 40.1 Å². The predicted octanol–water partition coefficient (Wildman–Crippen LogP) is 6.41. The number of aliphatic carboxylic acids is 1. The van der Waals surface area contributed by atoms with Crippen molar-refractivity contribution in [3.05, 3.63) is 94.6 Å². The fraction of sp³-hybridized carbons (Fsp3) is 0.200. The molecule has 0 saturated heterocycles. The van der Waals surface area contributed by atoms with Gasteiger partial charge in [-0.1, -0.05) is 54.1 Å². The van der Waals surface area contributed by atoms with Crippen molar-refractivity contribution >= 4 is 40.1 Å². The molecule has 7 nitrogen and oxygen atoms in total. The average Bonchev–Trinajstić information content (AvgIpc) is 3.37. The minimum atomic E-state index is -1.03. The molecule has 192 valence electrons. The van der Waals surface area contributed by atoms with Crippen molar-refractivity contribution < 1.29 is 19.4 Å². The van der Waals surface area contributed by atoms with Crippen molar-refractivity contribution in [2.45, 2.75) is 32.2 Å². The summed E-state index contributed by atoms with van der Waals surface area (Å²) in [4.78, 5) is 29.3. The second-order valence-corrected chi connectivity index (χ2v) is 9.58. The number of rotatable bonds is 7. The number of carbonyl (C=O) groups excluding carboxylic acids is 1. The SMILES string of the molecule is COc1ccc([C@H]2CC(c3c(C)nc4ccc(Cl)cc4c3-c3ccccc3)=NN2C(=O)CCC(=O)O)cc1. The van der Waals surface area contributed by atoms with Gasteiger partial charge in [-0.25, -0.2) is 5.01 Å². The van der Waals surface area contributed by atoms with Gasteiger partial charge in [-0.05, 0) is 48.4 Å². The number of hydrogen-bond donors (Lipinski definition) is 1. The number of carbonyl (C=O) groups is 2. The molecule has 0 radical (unpaired) electrons. The Kier molecular flexibility index (Phi) is 7.11. The maximum absolute atomic E-state index is 13.2. The average molecular weight is 528 g/mol. The van der Waals surface area contributed by atoms with Gasteiger partial charge in [-0.3, -0.25) is 14.6 Å². The third-order valence-corrected chi connectivity index (χ3v) is 6.93. The molecule has 0 saturated carbocycles. The first-order valence-corrected chi connectivity index (χ1v) is 12.6. The summed E-state index contributed by atoms with van der Waals surface area (Å²) in [6.45, 7) is 1.94. The van der Waals surface area contributed by atoms with E-state index in [1.165, 1.54) is 5.01 Å². The highest BCUT2D eigenvalue weighted by Crippen LogP contribution is 2.40. The van der Waals surface area contributed by atoms with Crippen LogP contribution in [0.1, 0.15) is 42.1 Å². The number of benzene rings is 3. The molecule has 8 heteroatoms. The number of aromatic nitrogens is 1.